The Morgan fingerprint density at radius 2 is 1.94 bits per heavy atom. The van der Waals surface area contributed by atoms with E-state index in [1.807, 2.05) is 6.08 Å². The van der Waals surface area contributed by atoms with E-state index in [9.17, 15) is 9.90 Å². The molecule has 0 unspecified atom stereocenters. The Morgan fingerprint density at radius 3 is 2.53 bits per heavy atom. The molecule has 0 heterocycles. The second-order valence-corrected chi connectivity index (χ2v) is 3.29. The molecule has 17 heavy (non-hydrogen) atoms. The first-order valence-electron chi connectivity index (χ1n) is 5.44. The fraction of sp³-hybridized carbons (Fsp3) is 0.500. The summed E-state index contributed by atoms with van der Waals surface area (Å²) in [7, 11) is 0. The minimum atomic E-state index is -1.14. The minimum Gasteiger partial charge on any atom is -0.859 e. The van der Waals surface area contributed by atoms with E-state index in [4.69, 9.17) is 5.11 Å². The Bertz CT molecular complexity index is 285. The zero-order valence-corrected chi connectivity index (χ0v) is 12.6. The molecule has 0 aromatic rings. The molecule has 0 aliphatic heterocycles. The average molecular weight is 247 g/mol. The predicted octanol–water partition coefficient (Wildman–Crippen LogP) is -1.47. The number of aliphatic carboxylic acids is 1. The van der Waals surface area contributed by atoms with Crippen molar-refractivity contribution in [3.8, 4) is 0 Å². The van der Waals surface area contributed by atoms with Gasteiger partial charge in [0.2, 0.25) is 0 Å². The third-order valence-corrected chi connectivity index (χ3v) is 1.82. The molecular weight excluding hydrogens is 229 g/mol. The largest absolute Gasteiger partial charge is 1.00 e. The van der Waals surface area contributed by atoms with Gasteiger partial charge in [-0.25, -0.2) is 4.79 Å². The molecule has 5 heteroatoms. The number of hydrogen-bond acceptors (Lipinski definition) is 3. The van der Waals surface area contributed by atoms with Crippen molar-refractivity contribution in [2.24, 2.45) is 4.99 Å². The summed E-state index contributed by atoms with van der Waals surface area (Å²) in [5.74, 6) is -1.63. The Hall–Kier alpha value is -0.580. The molecule has 0 aliphatic rings. The number of nitrogens with zero attached hydrogens (tertiary/aromatic N) is 1. The van der Waals surface area contributed by atoms with Crippen LogP contribution in [0.25, 0.3) is 0 Å². The SMILES string of the molecule is CCCC/C=C/CCN=C([O-])/C=C/C(=O)O.[Na+]. The maximum atomic E-state index is 10.9. The molecule has 1 N–H and O–H groups in total. The van der Waals surface area contributed by atoms with Crippen molar-refractivity contribution >= 4 is 11.9 Å². The maximum Gasteiger partial charge on any atom is 1.00 e. The van der Waals surface area contributed by atoms with Crippen LogP contribution in [0.1, 0.15) is 32.6 Å². The summed E-state index contributed by atoms with van der Waals surface area (Å²) >= 11 is 0. The van der Waals surface area contributed by atoms with Crippen LogP contribution in [0.3, 0.4) is 0 Å². The number of unbranched alkanes of at least 4 members (excludes halogenated alkanes) is 2. The standard InChI is InChI=1S/C12H19NO3.Na/c1-2-3-4-5-6-7-10-13-11(14)8-9-12(15)16;/h5-6,8-9H,2-4,7,10H2,1H3,(H,13,14)(H,15,16);/q;+1/p-1/b6-5+,9-8+;. The summed E-state index contributed by atoms with van der Waals surface area (Å²) < 4.78 is 0. The number of carboxylic acids is 1. The normalized spacial score (nSPS) is 11.9. The monoisotopic (exact) mass is 247 g/mol. The number of carbonyl (C=O) groups is 1. The van der Waals surface area contributed by atoms with Crippen LogP contribution in [0.5, 0.6) is 0 Å². The molecular formula is C12H18NNaO3. The maximum absolute atomic E-state index is 10.9. The summed E-state index contributed by atoms with van der Waals surface area (Å²) in [4.78, 5) is 13.8. The fourth-order valence-electron chi connectivity index (χ4n) is 1.00. The number of allylic oxidation sites excluding steroid dienone is 1. The summed E-state index contributed by atoms with van der Waals surface area (Å²) in [5.41, 5.74) is 0. The van der Waals surface area contributed by atoms with Crippen LogP contribution in [0.4, 0.5) is 0 Å². The van der Waals surface area contributed by atoms with E-state index in [0.29, 0.717) is 6.54 Å². The third kappa shape index (κ3) is 15.4. The van der Waals surface area contributed by atoms with Crippen LogP contribution >= 0.6 is 0 Å². The molecule has 4 nitrogen and oxygen atoms in total. The van der Waals surface area contributed by atoms with Gasteiger partial charge >= 0.3 is 35.5 Å². The summed E-state index contributed by atoms with van der Waals surface area (Å²) in [6.45, 7) is 2.54. The molecule has 0 fully saturated rings. The number of hydrogen-bond donors (Lipinski definition) is 1. The van der Waals surface area contributed by atoms with Crippen molar-refractivity contribution in [3.05, 3.63) is 24.3 Å². The molecule has 0 saturated heterocycles. The van der Waals surface area contributed by atoms with Crippen LogP contribution in [0.2, 0.25) is 0 Å². The van der Waals surface area contributed by atoms with Gasteiger partial charge in [-0.3, -0.25) is 0 Å². The van der Waals surface area contributed by atoms with Gasteiger partial charge in [-0.05, 0) is 24.8 Å². The van der Waals surface area contributed by atoms with Gasteiger partial charge in [0.1, 0.15) is 0 Å². The Kier molecular flexibility index (Phi) is 14.9. The summed E-state index contributed by atoms with van der Waals surface area (Å²) in [6, 6.07) is 0. The Morgan fingerprint density at radius 1 is 1.29 bits per heavy atom. The molecule has 0 amide bonds. The number of aliphatic imine (C=N–C) groups is 1. The van der Waals surface area contributed by atoms with Crippen LogP contribution in [-0.4, -0.2) is 23.5 Å². The summed E-state index contributed by atoms with van der Waals surface area (Å²) in [5, 5.41) is 19.2. The Balaban J connectivity index is 0. The molecule has 0 spiro atoms. The second kappa shape index (κ2) is 13.5. The van der Waals surface area contributed by atoms with Crippen molar-refractivity contribution in [2.45, 2.75) is 32.6 Å². The predicted molar refractivity (Wildman–Crippen MR) is 62.4 cm³/mol. The molecule has 0 saturated carbocycles. The minimum absolute atomic E-state index is 0. The Labute approximate surface area is 124 Å². The zero-order chi connectivity index (χ0) is 12.2. The molecule has 0 rings (SSSR count). The van der Waals surface area contributed by atoms with Crippen molar-refractivity contribution in [1.29, 1.82) is 0 Å². The number of rotatable bonds is 8. The van der Waals surface area contributed by atoms with Crippen molar-refractivity contribution in [3.63, 3.8) is 0 Å². The van der Waals surface area contributed by atoms with Gasteiger partial charge in [-0.2, -0.15) is 0 Å². The molecule has 0 atom stereocenters. The molecule has 90 valence electrons. The van der Waals surface area contributed by atoms with Gasteiger partial charge in [0.15, 0.2) is 0 Å². The van der Waals surface area contributed by atoms with Gasteiger partial charge in [0.05, 0.1) is 0 Å². The third-order valence-electron chi connectivity index (χ3n) is 1.82. The van der Waals surface area contributed by atoms with Gasteiger partial charge < -0.3 is 15.2 Å². The van der Waals surface area contributed by atoms with Crippen molar-refractivity contribution in [1.82, 2.24) is 0 Å². The van der Waals surface area contributed by atoms with E-state index in [1.165, 1.54) is 12.8 Å². The van der Waals surface area contributed by atoms with Crippen LogP contribution in [-0.2, 0) is 4.79 Å². The van der Waals surface area contributed by atoms with E-state index in [1.54, 1.807) is 0 Å². The van der Waals surface area contributed by atoms with Crippen molar-refractivity contribution < 1.29 is 44.6 Å². The van der Waals surface area contributed by atoms with E-state index >= 15 is 0 Å². The number of carboxylic acid groups (broad SMARTS) is 1. The van der Waals surface area contributed by atoms with Gasteiger partial charge in [-0.1, -0.05) is 31.9 Å². The molecule has 0 bridgehead atoms. The van der Waals surface area contributed by atoms with Crippen LogP contribution in [0, 0.1) is 0 Å². The fourth-order valence-corrected chi connectivity index (χ4v) is 1.00. The first kappa shape index (κ1) is 18.8. The average Bonchev–Trinajstić information content (AvgIpc) is 2.25. The van der Waals surface area contributed by atoms with Crippen molar-refractivity contribution in [2.75, 3.05) is 6.54 Å². The van der Waals surface area contributed by atoms with Crippen LogP contribution < -0.4 is 34.7 Å². The van der Waals surface area contributed by atoms with E-state index in [0.717, 1.165) is 25.0 Å². The van der Waals surface area contributed by atoms with Gasteiger partial charge in [0, 0.05) is 12.6 Å². The van der Waals surface area contributed by atoms with E-state index < -0.39 is 11.9 Å². The van der Waals surface area contributed by atoms with Crippen LogP contribution in [0.15, 0.2) is 29.3 Å². The van der Waals surface area contributed by atoms with E-state index in [-0.39, 0.29) is 29.6 Å². The summed E-state index contributed by atoms with van der Waals surface area (Å²) in [6.07, 6.45) is 9.96. The van der Waals surface area contributed by atoms with E-state index in [2.05, 4.69) is 18.0 Å². The molecule has 0 radical (unpaired) electrons. The van der Waals surface area contributed by atoms with Gasteiger partial charge in [0.25, 0.3) is 0 Å². The molecule has 0 aromatic carbocycles. The first-order valence-corrected chi connectivity index (χ1v) is 5.44. The molecule has 0 aromatic heterocycles. The topological polar surface area (TPSA) is 72.7 Å². The second-order valence-electron chi connectivity index (χ2n) is 3.29. The van der Waals surface area contributed by atoms with Gasteiger partial charge in [-0.15, -0.1) is 0 Å². The zero-order valence-electron chi connectivity index (χ0n) is 10.6. The first-order chi connectivity index (χ1) is 7.66. The molecule has 0 aliphatic carbocycles. The quantitative estimate of drug-likeness (QED) is 0.142. The smallest absolute Gasteiger partial charge is 0.859 e.